The lowest BCUT2D eigenvalue weighted by molar-refractivity contribution is 0.210. The highest BCUT2D eigenvalue weighted by atomic mass is 16.5. The van der Waals surface area contributed by atoms with E-state index in [-0.39, 0.29) is 0 Å². The Labute approximate surface area is 53.8 Å². The normalized spacial score (nSPS) is 16.7. The molecule has 0 saturated carbocycles. The first-order valence-electron chi connectivity index (χ1n) is 2.53. The van der Waals surface area contributed by atoms with Crippen LogP contribution in [0, 0.1) is 0 Å². The fourth-order valence-corrected chi connectivity index (χ4v) is 0.492. The number of nitrogens with one attached hydrogen (secondary N) is 1. The monoisotopic (exact) mass is 126 g/mol. The van der Waals surface area contributed by atoms with Crippen LogP contribution in [-0.2, 0) is 4.74 Å². The van der Waals surface area contributed by atoms with E-state index in [2.05, 4.69) is 16.8 Å². The average molecular weight is 126 g/mol. The predicted octanol–water partition coefficient (Wildman–Crippen LogP) is -0.213. The lowest BCUT2D eigenvalue weighted by atomic mass is 10.8. The summed E-state index contributed by atoms with van der Waals surface area (Å²) in [6.07, 6.45) is 4.19. The Kier molecular flexibility index (Phi) is 1.58. The van der Waals surface area contributed by atoms with Gasteiger partial charge in [0.05, 0.1) is 13.3 Å². The minimum absolute atomic E-state index is 0.622. The molecule has 0 amide bonds. The fraction of sp³-hybridized carbons (Fsp3) is 0.400. The van der Waals surface area contributed by atoms with E-state index in [1.807, 2.05) is 0 Å². The van der Waals surface area contributed by atoms with Crippen LogP contribution in [-0.4, -0.2) is 25.5 Å². The molecular weight excluding hydrogens is 118 g/mol. The third-order valence-corrected chi connectivity index (χ3v) is 0.887. The van der Waals surface area contributed by atoms with Gasteiger partial charge < -0.3 is 4.74 Å². The van der Waals surface area contributed by atoms with Gasteiger partial charge in [-0.15, -0.1) is 0 Å². The molecule has 4 heteroatoms. The van der Waals surface area contributed by atoms with Crippen molar-refractivity contribution in [3.8, 4) is 0 Å². The molecule has 1 aliphatic heterocycles. The van der Waals surface area contributed by atoms with Crippen molar-refractivity contribution in [1.82, 2.24) is 10.4 Å². The van der Waals surface area contributed by atoms with Crippen LogP contribution < -0.4 is 5.43 Å². The van der Waals surface area contributed by atoms with Gasteiger partial charge >= 0.3 is 0 Å². The Morgan fingerprint density at radius 2 is 2.67 bits per heavy atom. The van der Waals surface area contributed by atoms with Crippen LogP contribution in [0.15, 0.2) is 17.1 Å². The number of ether oxygens (including phenoxy) is 1. The van der Waals surface area contributed by atoms with Crippen molar-refractivity contribution in [2.75, 3.05) is 14.2 Å². The molecule has 0 spiro atoms. The van der Waals surface area contributed by atoms with Gasteiger partial charge in [-0.3, -0.25) is 10.4 Å². The van der Waals surface area contributed by atoms with Gasteiger partial charge in [0, 0.05) is 7.05 Å². The second-order valence-corrected chi connectivity index (χ2v) is 1.60. The van der Waals surface area contributed by atoms with Gasteiger partial charge in [0.1, 0.15) is 0 Å². The molecule has 1 N–H and O–H groups in total. The van der Waals surface area contributed by atoms with Gasteiger partial charge in [-0.25, -0.2) is 4.99 Å². The zero-order chi connectivity index (χ0) is 6.69. The van der Waals surface area contributed by atoms with Crippen LogP contribution in [0.5, 0.6) is 0 Å². The average Bonchev–Trinajstić information content (AvgIpc) is 1.88. The standard InChI is InChI=1S/C5H8N3O/c1-8-4-6-3-5(7-8)9-2/h3,7H,1-2H3. The Morgan fingerprint density at radius 1 is 1.89 bits per heavy atom. The minimum Gasteiger partial charge on any atom is -0.480 e. The Hall–Kier alpha value is -1.19. The van der Waals surface area contributed by atoms with Gasteiger partial charge in [0.15, 0.2) is 6.34 Å². The van der Waals surface area contributed by atoms with Crippen LogP contribution in [0.4, 0.5) is 0 Å². The lowest BCUT2D eigenvalue weighted by Crippen LogP contribution is -2.34. The predicted molar refractivity (Wildman–Crippen MR) is 33.4 cm³/mol. The maximum absolute atomic E-state index is 4.84. The first-order chi connectivity index (χ1) is 4.33. The number of rotatable bonds is 1. The van der Waals surface area contributed by atoms with Crippen LogP contribution in [0.2, 0.25) is 0 Å². The highest BCUT2D eigenvalue weighted by Crippen LogP contribution is 1.94. The second kappa shape index (κ2) is 2.39. The van der Waals surface area contributed by atoms with Gasteiger partial charge in [-0.05, 0) is 0 Å². The highest BCUT2D eigenvalue weighted by Gasteiger charge is 2.00. The summed E-state index contributed by atoms with van der Waals surface area (Å²) in [7, 11) is 3.36. The van der Waals surface area contributed by atoms with E-state index in [1.165, 1.54) is 0 Å². The molecule has 0 aromatic heterocycles. The number of methoxy groups -OCH3 is 1. The van der Waals surface area contributed by atoms with Gasteiger partial charge in [0.2, 0.25) is 5.88 Å². The Balaban J connectivity index is 2.55. The summed E-state index contributed by atoms with van der Waals surface area (Å²) in [6.45, 7) is 0. The number of aliphatic imine (C=N–C) groups is 1. The molecule has 4 nitrogen and oxygen atoms in total. The molecule has 1 rings (SSSR count). The van der Waals surface area contributed by atoms with Crippen molar-refractivity contribution >= 4 is 6.34 Å². The first kappa shape index (κ1) is 5.94. The quantitative estimate of drug-likeness (QED) is 0.528. The lowest BCUT2D eigenvalue weighted by Gasteiger charge is -2.18. The molecular formula is C5H8N3O. The number of hydrazine groups is 1. The van der Waals surface area contributed by atoms with E-state index in [0.29, 0.717) is 5.88 Å². The summed E-state index contributed by atoms with van der Waals surface area (Å²) >= 11 is 0. The maximum atomic E-state index is 4.84. The SMILES string of the molecule is COC1=CN=[C]N(C)N1. The highest BCUT2D eigenvalue weighted by molar-refractivity contribution is 5.56. The maximum Gasteiger partial charge on any atom is 0.224 e. The van der Waals surface area contributed by atoms with Crippen LogP contribution >= 0.6 is 0 Å². The smallest absolute Gasteiger partial charge is 0.224 e. The summed E-state index contributed by atoms with van der Waals surface area (Å²) in [5.74, 6) is 0.622. The van der Waals surface area contributed by atoms with E-state index in [9.17, 15) is 0 Å². The summed E-state index contributed by atoms with van der Waals surface area (Å²) in [4.78, 5) is 3.74. The molecule has 1 heterocycles. The van der Waals surface area contributed by atoms with Crippen molar-refractivity contribution in [2.45, 2.75) is 0 Å². The zero-order valence-corrected chi connectivity index (χ0v) is 5.38. The molecule has 1 aliphatic rings. The second-order valence-electron chi connectivity index (χ2n) is 1.60. The first-order valence-corrected chi connectivity index (χ1v) is 2.53. The molecule has 9 heavy (non-hydrogen) atoms. The number of nitrogens with zero attached hydrogens (tertiary/aromatic N) is 2. The van der Waals surface area contributed by atoms with E-state index in [0.717, 1.165) is 0 Å². The van der Waals surface area contributed by atoms with E-state index in [4.69, 9.17) is 4.74 Å². The molecule has 49 valence electrons. The number of hydrogen-bond donors (Lipinski definition) is 1. The van der Waals surface area contributed by atoms with Crippen LogP contribution in [0.1, 0.15) is 0 Å². The topological polar surface area (TPSA) is 36.9 Å². The van der Waals surface area contributed by atoms with Gasteiger partial charge in [-0.1, -0.05) is 0 Å². The van der Waals surface area contributed by atoms with Crippen molar-refractivity contribution in [3.05, 3.63) is 12.1 Å². The molecule has 0 aromatic carbocycles. The molecule has 0 atom stereocenters. The largest absolute Gasteiger partial charge is 0.480 e. The van der Waals surface area contributed by atoms with Crippen molar-refractivity contribution in [2.24, 2.45) is 4.99 Å². The summed E-state index contributed by atoms with van der Waals surface area (Å²) in [6, 6.07) is 0. The van der Waals surface area contributed by atoms with Crippen LogP contribution in [0.25, 0.3) is 0 Å². The van der Waals surface area contributed by atoms with Crippen molar-refractivity contribution < 1.29 is 4.74 Å². The minimum atomic E-state index is 0.622. The summed E-state index contributed by atoms with van der Waals surface area (Å²) in [5, 5.41) is 1.58. The van der Waals surface area contributed by atoms with Crippen molar-refractivity contribution in [1.29, 1.82) is 0 Å². The fourth-order valence-electron chi connectivity index (χ4n) is 0.492. The molecule has 0 fully saturated rings. The third-order valence-electron chi connectivity index (χ3n) is 0.887. The number of hydrogen-bond acceptors (Lipinski definition) is 4. The molecule has 0 aliphatic carbocycles. The Morgan fingerprint density at radius 3 is 3.11 bits per heavy atom. The van der Waals surface area contributed by atoms with Crippen LogP contribution in [0.3, 0.4) is 0 Å². The third kappa shape index (κ3) is 1.35. The molecule has 0 aromatic rings. The summed E-state index contributed by atoms with van der Waals surface area (Å²) in [5.41, 5.74) is 2.83. The summed E-state index contributed by atoms with van der Waals surface area (Å²) < 4.78 is 4.84. The van der Waals surface area contributed by atoms with E-state index in [1.54, 1.807) is 25.4 Å². The van der Waals surface area contributed by atoms with E-state index >= 15 is 0 Å². The molecule has 0 unspecified atom stereocenters. The van der Waals surface area contributed by atoms with Gasteiger partial charge in [-0.2, -0.15) is 0 Å². The zero-order valence-electron chi connectivity index (χ0n) is 5.38. The molecule has 0 bridgehead atoms. The molecule has 1 radical (unpaired) electrons. The van der Waals surface area contributed by atoms with Crippen molar-refractivity contribution in [3.63, 3.8) is 0 Å². The molecule has 0 saturated heterocycles. The van der Waals surface area contributed by atoms with E-state index < -0.39 is 0 Å². The Bertz CT molecular complexity index is 152. The van der Waals surface area contributed by atoms with Gasteiger partial charge in [0.25, 0.3) is 0 Å².